The standard InChI is InChI=1S/C20H23BrN2O3S2/c1-27-19-11-10-17(28(25,26)22-16-8-6-15(21)7-9-16)14-18(19)20(24)23-12-4-2-3-5-13-23/h6-11,14,22H,2-5,12-13H2,1H3. The summed E-state index contributed by atoms with van der Waals surface area (Å²) in [4.78, 5) is 15.8. The first kappa shape index (κ1) is 21.2. The molecule has 0 bridgehead atoms. The number of rotatable bonds is 5. The van der Waals surface area contributed by atoms with Gasteiger partial charge in [-0.25, -0.2) is 8.42 Å². The zero-order chi connectivity index (χ0) is 20.1. The number of benzene rings is 2. The number of thioether (sulfide) groups is 1. The van der Waals surface area contributed by atoms with Gasteiger partial charge in [0, 0.05) is 28.1 Å². The van der Waals surface area contributed by atoms with Crippen LogP contribution in [0.5, 0.6) is 0 Å². The lowest BCUT2D eigenvalue weighted by Crippen LogP contribution is -2.32. The van der Waals surface area contributed by atoms with Crippen molar-refractivity contribution < 1.29 is 13.2 Å². The number of halogens is 1. The van der Waals surface area contributed by atoms with Crippen molar-refractivity contribution in [3.63, 3.8) is 0 Å². The zero-order valence-electron chi connectivity index (χ0n) is 15.7. The fourth-order valence-electron chi connectivity index (χ4n) is 3.20. The van der Waals surface area contributed by atoms with E-state index in [1.165, 1.54) is 17.8 Å². The molecule has 28 heavy (non-hydrogen) atoms. The number of likely N-dealkylation sites (tertiary alicyclic amines) is 1. The van der Waals surface area contributed by atoms with Gasteiger partial charge in [-0.3, -0.25) is 9.52 Å². The SMILES string of the molecule is CSc1ccc(S(=O)(=O)Nc2ccc(Br)cc2)cc1C(=O)N1CCCCCC1. The summed E-state index contributed by atoms with van der Waals surface area (Å²) in [6.45, 7) is 1.45. The van der Waals surface area contributed by atoms with Gasteiger partial charge in [-0.1, -0.05) is 28.8 Å². The molecule has 2 aromatic carbocycles. The minimum atomic E-state index is -3.79. The monoisotopic (exact) mass is 482 g/mol. The predicted molar refractivity (Wildman–Crippen MR) is 118 cm³/mol. The van der Waals surface area contributed by atoms with Crippen LogP contribution in [0.15, 0.2) is 56.7 Å². The van der Waals surface area contributed by atoms with Gasteiger partial charge in [0.05, 0.1) is 10.5 Å². The summed E-state index contributed by atoms with van der Waals surface area (Å²) >= 11 is 4.78. The van der Waals surface area contributed by atoms with E-state index >= 15 is 0 Å². The van der Waals surface area contributed by atoms with Crippen molar-refractivity contribution in [1.29, 1.82) is 0 Å². The summed E-state index contributed by atoms with van der Waals surface area (Å²) in [5.41, 5.74) is 0.922. The Morgan fingerprint density at radius 3 is 2.29 bits per heavy atom. The van der Waals surface area contributed by atoms with E-state index in [2.05, 4.69) is 20.7 Å². The molecule has 1 saturated heterocycles. The summed E-state index contributed by atoms with van der Waals surface area (Å²) in [6, 6.07) is 11.7. The van der Waals surface area contributed by atoms with Crippen LogP contribution in [-0.2, 0) is 10.0 Å². The van der Waals surface area contributed by atoms with Gasteiger partial charge in [-0.15, -0.1) is 11.8 Å². The first-order valence-corrected chi connectivity index (χ1v) is 12.7. The molecule has 0 radical (unpaired) electrons. The molecule has 0 aliphatic carbocycles. The number of nitrogens with zero attached hydrogens (tertiary/aromatic N) is 1. The highest BCUT2D eigenvalue weighted by molar-refractivity contribution is 9.10. The molecule has 0 unspecified atom stereocenters. The van der Waals surface area contributed by atoms with Gasteiger partial charge in [0.1, 0.15) is 0 Å². The number of anilines is 1. The van der Waals surface area contributed by atoms with E-state index in [9.17, 15) is 13.2 Å². The van der Waals surface area contributed by atoms with Crippen molar-refractivity contribution in [2.75, 3.05) is 24.1 Å². The van der Waals surface area contributed by atoms with Crippen molar-refractivity contribution in [3.8, 4) is 0 Å². The molecule has 2 aromatic rings. The molecule has 8 heteroatoms. The van der Waals surface area contributed by atoms with Gasteiger partial charge < -0.3 is 4.90 Å². The second-order valence-electron chi connectivity index (χ2n) is 6.68. The molecule has 1 heterocycles. The second-order valence-corrected chi connectivity index (χ2v) is 10.1. The zero-order valence-corrected chi connectivity index (χ0v) is 18.9. The lowest BCUT2D eigenvalue weighted by atomic mass is 10.2. The van der Waals surface area contributed by atoms with E-state index in [1.54, 1.807) is 36.4 Å². The quantitative estimate of drug-likeness (QED) is 0.609. The molecule has 1 N–H and O–H groups in total. The Labute approximate surface area is 179 Å². The first-order valence-electron chi connectivity index (χ1n) is 9.16. The molecule has 1 aliphatic rings. The largest absolute Gasteiger partial charge is 0.339 e. The summed E-state index contributed by atoms with van der Waals surface area (Å²) in [7, 11) is -3.79. The van der Waals surface area contributed by atoms with Crippen molar-refractivity contribution in [2.24, 2.45) is 0 Å². The molecule has 0 aromatic heterocycles. The molecule has 0 atom stereocenters. The van der Waals surface area contributed by atoms with Gasteiger partial charge >= 0.3 is 0 Å². The van der Waals surface area contributed by atoms with E-state index in [0.29, 0.717) is 11.3 Å². The van der Waals surface area contributed by atoms with Crippen LogP contribution in [-0.4, -0.2) is 38.6 Å². The summed E-state index contributed by atoms with van der Waals surface area (Å²) in [6.07, 6.45) is 6.13. The average molecular weight is 483 g/mol. The number of hydrogen-bond acceptors (Lipinski definition) is 4. The first-order chi connectivity index (χ1) is 13.4. The molecule has 150 valence electrons. The lowest BCUT2D eigenvalue weighted by molar-refractivity contribution is 0.0758. The molecule has 3 rings (SSSR count). The highest BCUT2D eigenvalue weighted by Crippen LogP contribution is 2.27. The Kier molecular flexibility index (Phi) is 7.06. The fourth-order valence-corrected chi connectivity index (χ4v) is 5.12. The van der Waals surface area contributed by atoms with Crippen molar-refractivity contribution in [2.45, 2.75) is 35.5 Å². The smallest absolute Gasteiger partial charge is 0.261 e. The van der Waals surface area contributed by atoms with Crippen LogP contribution < -0.4 is 4.72 Å². The molecular formula is C20H23BrN2O3S2. The van der Waals surface area contributed by atoms with E-state index < -0.39 is 10.0 Å². The van der Waals surface area contributed by atoms with Gasteiger partial charge in [-0.2, -0.15) is 0 Å². The predicted octanol–water partition coefficient (Wildman–Crippen LogP) is 4.99. The minimum absolute atomic E-state index is 0.0893. The maximum Gasteiger partial charge on any atom is 0.261 e. The summed E-state index contributed by atoms with van der Waals surface area (Å²) < 4.78 is 29.1. The Morgan fingerprint density at radius 1 is 1.04 bits per heavy atom. The number of hydrogen-bond donors (Lipinski definition) is 1. The Balaban J connectivity index is 1.90. The van der Waals surface area contributed by atoms with Crippen LogP contribution >= 0.6 is 27.7 Å². The van der Waals surface area contributed by atoms with E-state index in [-0.39, 0.29) is 10.8 Å². The minimum Gasteiger partial charge on any atom is -0.339 e. The number of sulfonamides is 1. The van der Waals surface area contributed by atoms with Crippen molar-refractivity contribution >= 4 is 49.3 Å². The number of nitrogens with one attached hydrogen (secondary N) is 1. The van der Waals surface area contributed by atoms with E-state index in [0.717, 1.165) is 48.1 Å². The number of carbonyl (C=O) groups excluding carboxylic acids is 1. The summed E-state index contributed by atoms with van der Waals surface area (Å²) in [5.74, 6) is -0.0908. The van der Waals surface area contributed by atoms with Crippen LogP contribution in [0.25, 0.3) is 0 Å². The van der Waals surface area contributed by atoms with Crippen molar-refractivity contribution in [3.05, 3.63) is 52.5 Å². The second kappa shape index (κ2) is 9.33. The molecule has 1 aliphatic heterocycles. The highest BCUT2D eigenvalue weighted by atomic mass is 79.9. The van der Waals surface area contributed by atoms with Gasteiger partial charge in [0.25, 0.3) is 15.9 Å². The molecule has 0 spiro atoms. The van der Waals surface area contributed by atoms with E-state index in [1.807, 2.05) is 11.2 Å². The van der Waals surface area contributed by atoms with Crippen LogP contribution in [0.1, 0.15) is 36.0 Å². The lowest BCUT2D eigenvalue weighted by Gasteiger charge is -2.22. The van der Waals surface area contributed by atoms with Crippen LogP contribution in [0.3, 0.4) is 0 Å². The number of carbonyl (C=O) groups is 1. The Morgan fingerprint density at radius 2 is 1.68 bits per heavy atom. The van der Waals surface area contributed by atoms with Crippen LogP contribution in [0.4, 0.5) is 5.69 Å². The Bertz CT molecular complexity index is 938. The average Bonchev–Trinajstić information content (AvgIpc) is 2.98. The van der Waals surface area contributed by atoms with Crippen LogP contribution in [0, 0.1) is 0 Å². The van der Waals surface area contributed by atoms with E-state index in [4.69, 9.17) is 0 Å². The summed E-state index contributed by atoms with van der Waals surface area (Å²) in [5, 5.41) is 0. The highest BCUT2D eigenvalue weighted by Gasteiger charge is 2.23. The molecule has 1 amide bonds. The fraction of sp³-hybridized carbons (Fsp3) is 0.350. The molecule has 0 saturated carbocycles. The number of amides is 1. The van der Waals surface area contributed by atoms with Gasteiger partial charge in [0.15, 0.2) is 0 Å². The maximum atomic E-state index is 13.1. The Hall–Kier alpha value is -1.51. The molecule has 5 nitrogen and oxygen atoms in total. The normalized spacial score (nSPS) is 15.1. The third kappa shape index (κ3) is 5.10. The van der Waals surface area contributed by atoms with Crippen molar-refractivity contribution in [1.82, 2.24) is 4.90 Å². The van der Waals surface area contributed by atoms with Crippen LogP contribution in [0.2, 0.25) is 0 Å². The maximum absolute atomic E-state index is 13.1. The third-order valence-corrected chi connectivity index (χ3v) is 7.40. The molecule has 1 fully saturated rings. The van der Waals surface area contributed by atoms with Gasteiger partial charge in [0.2, 0.25) is 0 Å². The third-order valence-electron chi connectivity index (χ3n) is 4.70. The van der Waals surface area contributed by atoms with Gasteiger partial charge in [-0.05, 0) is 61.6 Å². The topological polar surface area (TPSA) is 66.5 Å². The molecular weight excluding hydrogens is 460 g/mol.